The summed E-state index contributed by atoms with van der Waals surface area (Å²) in [7, 11) is 1.35. The first kappa shape index (κ1) is 10.7. The highest BCUT2D eigenvalue weighted by Crippen LogP contribution is 2.50. The molecule has 1 fully saturated rings. The van der Waals surface area contributed by atoms with Gasteiger partial charge >= 0.3 is 5.97 Å². The lowest BCUT2D eigenvalue weighted by Crippen LogP contribution is -2.35. The lowest BCUT2D eigenvalue weighted by Gasteiger charge is -2.08. The fourth-order valence-corrected chi connectivity index (χ4v) is 1.92. The first-order valence-electron chi connectivity index (χ1n) is 5.05. The molecular weight excluding hydrogens is 202 g/mol. The lowest BCUT2D eigenvalue weighted by atomic mass is 10.0. The minimum absolute atomic E-state index is 0.0479. The van der Waals surface area contributed by atoms with Gasteiger partial charge in [0, 0.05) is 11.5 Å². The van der Waals surface area contributed by atoms with Gasteiger partial charge in [0.25, 0.3) is 0 Å². The fraction of sp³-hybridized carbons (Fsp3) is 0.308. The Bertz CT molecular complexity index is 458. The van der Waals surface area contributed by atoms with Gasteiger partial charge in [-0.2, -0.15) is 0 Å². The number of nitrogens with two attached hydrogens (primary N) is 1. The van der Waals surface area contributed by atoms with Crippen LogP contribution in [0.5, 0.6) is 0 Å². The van der Waals surface area contributed by atoms with Crippen molar-refractivity contribution in [1.29, 1.82) is 0 Å². The Hall–Kier alpha value is -1.79. The van der Waals surface area contributed by atoms with Crippen molar-refractivity contribution < 1.29 is 9.53 Å². The molecule has 1 aliphatic carbocycles. The van der Waals surface area contributed by atoms with Crippen LogP contribution in [0, 0.1) is 12.3 Å². The molecule has 2 atom stereocenters. The first-order chi connectivity index (χ1) is 7.61. The predicted molar refractivity (Wildman–Crippen MR) is 60.7 cm³/mol. The van der Waals surface area contributed by atoms with Gasteiger partial charge in [-0.3, -0.25) is 4.79 Å². The van der Waals surface area contributed by atoms with Crippen LogP contribution in [-0.4, -0.2) is 18.6 Å². The maximum absolute atomic E-state index is 11.4. The molecule has 1 aliphatic rings. The fourth-order valence-electron chi connectivity index (χ4n) is 1.92. The van der Waals surface area contributed by atoms with Gasteiger partial charge in [0.05, 0.1) is 7.11 Å². The van der Waals surface area contributed by atoms with E-state index in [1.54, 1.807) is 0 Å². The molecule has 0 aliphatic heterocycles. The summed E-state index contributed by atoms with van der Waals surface area (Å²) in [6.07, 6.45) is 5.90. The molecule has 3 nitrogen and oxygen atoms in total. The van der Waals surface area contributed by atoms with E-state index >= 15 is 0 Å². The number of carbonyl (C=O) groups is 1. The van der Waals surface area contributed by atoms with Gasteiger partial charge in [-0.1, -0.05) is 18.1 Å². The summed E-state index contributed by atoms with van der Waals surface area (Å²) in [6, 6.07) is 7.53. The Morgan fingerprint density at radius 3 is 2.69 bits per heavy atom. The summed E-state index contributed by atoms with van der Waals surface area (Å²) in [4.78, 5) is 11.4. The van der Waals surface area contributed by atoms with Crippen molar-refractivity contribution in [2.45, 2.75) is 17.9 Å². The number of hydrogen-bond donors (Lipinski definition) is 1. The molecule has 0 amide bonds. The van der Waals surface area contributed by atoms with Crippen LogP contribution in [0.3, 0.4) is 0 Å². The van der Waals surface area contributed by atoms with Crippen molar-refractivity contribution in [2.24, 2.45) is 5.73 Å². The van der Waals surface area contributed by atoms with E-state index in [0.717, 1.165) is 11.1 Å². The van der Waals surface area contributed by atoms with Crippen LogP contribution in [0.2, 0.25) is 0 Å². The summed E-state index contributed by atoms with van der Waals surface area (Å²) in [5.41, 5.74) is 6.95. The third kappa shape index (κ3) is 1.58. The van der Waals surface area contributed by atoms with Gasteiger partial charge < -0.3 is 10.5 Å². The van der Waals surface area contributed by atoms with Gasteiger partial charge in [0.1, 0.15) is 5.54 Å². The smallest absolute Gasteiger partial charge is 0.326 e. The van der Waals surface area contributed by atoms with E-state index in [2.05, 4.69) is 10.7 Å². The van der Waals surface area contributed by atoms with Crippen LogP contribution < -0.4 is 5.73 Å². The van der Waals surface area contributed by atoms with Gasteiger partial charge in [-0.25, -0.2) is 0 Å². The molecule has 0 saturated heterocycles. The molecule has 1 saturated carbocycles. The molecule has 3 heteroatoms. The van der Waals surface area contributed by atoms with Gasteiger partial charge in [-0.05, 0) is 24.1 Å². The third-order valence-corrected chi connectivity index (χ3v) is 3.05. The highest BCUT2D eigenvalue weighted by molar-refractivity contribution is 5.86. The molecule has 0 heterocycles. The average Bonchev–Trinajstić information content (AvgIpc) is 3.02. The maximum atomic E-state index is 11.4. The van der Waals surface area contributed by atoms with Crippen LogP contribution in [0.4, 0.5) is 0 Å². The van der Waals surface area contributed by atoms with Crippen molar-refractivity contribution in [2.75, 3.05) is 7.11 Å². The first-order valence-corrected chi connectivity index (χ1v) is 5.05. The van der Waals surface area contributed by atoms with E-state index in [0.29, 0.717) is 6.42 Å². The zero-order chi connectivity index (χ0) is 11.8. The maximum Gasteiger partial charge on any atom is 0.326 e. The van der Waals surface area contributed by atoms with Crippen LogP contribution in [0.1, 0.15) is 23.5 Å². The van der Waals surface area contributed by atoms with E-state index in [-0.39, 0.29) is 11.9 Å². The molecule has 0 radical (unpaired) electrons. The summed E-state index contributed by atoms with van der Waals surface area (Å²) >= 11 is 0. The Morgan fingerprint density at radius 2 is 2.19 bits per heavy atom. The number of carbonyl (C=O) groups excluding carboxylic acids is 1. The van der Waals surface area contributed by atoms with E-state index in [1.807, 2.05) is 24.3 Å². The molecule has 82 valence electrons. The standard InChI is InChI=1S/C13H13NO2/c1-3-9-4-6-10(7-5-9)11-8-13(11,14)12(15)16-2/h1,4-7,11H,8,14H2,2H3. The van der Waals surface area contributed by atoms with E-state index in [1.165, 1.54) is 7.11 Å². The Balaban J connectivity index is 2.17. The minimum Gasteiger partial charge on any atom is -0.468 e. The monoisotopic (exact) mass is 215 g/mol. The topological polar surface area (TPSA) is 52.3 Å². The van der Waals surface area contributed by atoms with Crippen molar-refractivity contribution in [1.82, 2.24) is 0 Å². The van der Waals surface area contributed by atoms with Crippen molar-refractivity contribution in [3.05, 3.63) is 35.4 Å². The normalized spacial score (nSPS) is 26.9. The highest BCUT2D eigenvalue weighted by Gasteiger charge is 2.58. The predicted octanol–water partition coefficient (Wildman–Crippen LogP) is 1.03. The molecule has 16 heavy (non-hydrogen) atoms. The van der Waals surface area contributed by atoms with Gasteiger partial charge in [0.2, 0.25) is 0 Å². The molecule has 1 aromatic carbocycles. The number of benzene rings is 1. The molecule has 1 aromatic rings. The van der Waals surface area contributed by atoms with Crippen molar-refractivity contribution >= 4 is 5.97 Å². The zero-order valence-electron chi connectivity index (χ0n) is 9.07. The van der Waals surface area contributed by atoms with Crippen molar-refractivity contribution in [3.63, 3.8) is 0 Å². The molecular formula is C13H13NO2. The second kappa shape index (κ2) is 3.66. The summed E-state index contributed by atoms with van der Waals surface area (Å²) < 4.78 is 4.68. The Morgan fingerprint density at radius 1 is 1.56 bits per heavy atom. The SMILES string of the molecule is C#Cc1ccc(C2CC2(N)C(=O)OC)cc1. The van der Waals surface area contributed by atoms with Crippen LogP contribution in [0.15, 0.2) is 24.3 Å². The van der Waals surface area contributed by atoms with Gasteiger partial charge in [0.15, 0.2) is 0 Å². The van der Waals surface area contributed by atoms with Crippen LogP contribution in [0.25, 0.3) is 0 Å². The number of esters is 1. The van der Waals surface area contributed by atoms with Gasteiger partial charge in [-0.15, -0.1) is 6.42 Å². The summed E-state index contributed by atoms with van der Waals surface area (Å²) in [5, 5.41) is 0. The second-order valence-corrected chi connectivity index (χ2v) is 4.06. The molecule has 0 spiro atoms. The molecule has 0 bridgehead atoms. The quantitative estimate of drug-likeness (QED) is 0.592. The number of ether oxygens (including phenoxy) is 1. The molecule has 2 rings (SSSR count). The molecule has 2 unspecified atom stereocenters. The Labute approximate surface area is 94.6 Å². The molecule has 0 aromatic heterocycles. The minimum atomic E-state index is -0.841. The largest absolute Gasteiger partial charge is 0.468 e. The van der Waals surface area contributed by atoms with E-state index in [9.17, 15) is 4.79 Å². The third-order valence-electron chi connectivity index (χ3n) is 3.05. The lowest BCUT2D eigenvalue weighted by molar-refractivity contribution is -0.143. The summed E-state index contributed by atoms with van der Waals surface area (Å²) in [5.74, 6) is 2.24. The summed E-state index contributed by atoms with van der Waals surface area (Å²) in [6.45, 7) is 0. The number of hydrogen-bond acceptors (Lipinski definition) is 3. The average molecular weight is 215 g/mol. The molecule has 2 N–H and O–H groups in total. The van der Waals surface area contributed by atoms with Crippen LogP contribution >= 0.6 is 0 Å². The van der Waals surface area contributed by atoms with E-state index in [4.69, 9.17) is 12.2 Å². The second-order valence-electron chi connectivity index (χ2n) is 4.06. The Kier molecular flexibility index (Phi) is 2.45. The van der Waals surface area contributed by atoms with Crippen molar-refractivity contribution in [3.8, 4) is 12.3 Å². The number of methoxy groups -OCH3 is 1. The van der Waals surface area contributed by atoms with Crippen LogP contribution in [-0.2, 0) is 9.53 Å². The highest BCUT2D eigenvalue weighted by atomic mass is 16.5. The van der Waals surface area contributed by atoms with E-state index < -0.39 is 5.54 Å². The zero-order valence-corrected chi connectivity index (χ0v) is 9.07. The number of rotatable bonds is 2. The number of terminal acetylenes is 1.